The number of allylic oxidation sites excluding steroid dienone is 2. The van der Waals surface area contributed by atoms with E-state index < -0.39 is 17.5 Å². The summed E-state index contributed by atoms with van der Waals surface area (Å²) in [5.41, 5.74) is -1.49. The highest BCUT2D eigenvalue weighted by Gasteiger charge is 2.40. The van der Waals surface area contributed by atoms with Crippen LogP contribution in [-0.4, -0.2) is 34.4 Å². The highest BCUT2D eigenvalue weighted by molar-refractivity contribution is 5.91. The lowest BCUT2D eigenvalue weighted by molar-refractivity contribution is -0.159. The third-order valence-electron chi connectivity index (χ3n) is 2.32. The zero-order valence-corrected chi connectivity index (χ0v) is 8.97. The fraction of sp³-hybridized carbons (Fsp3) is 0.455. The minimum absolute atomic E-state index is 0.0426. The van der Waals surface area contributed by atoms with Gasteiger partial charge in [-0.25, -0.2) is 9.59 Å². The Morgan fingerprint density at radius 1 is 1.50 bits per heavy atom. The van der Waals surface area contributed by atoms with E-state index in [1.54, 1.807) is 0 Å². The van der Waals surface area contributed by atoms with Crippen molar-refractivity contribution in [2.75, 3.05) is 6.61 Å². The minimum atomic E-state index is -1.53. The number of carboxylic acids is 2. The summed E-state index contributed by atoms with van der Waals surface area (Å²) in [6, 6.07) is 0. The van der Waals surface area contributed by atoms with Gasteiger partial charge in [0.25, 0.3) is 0 Å². The molecule has 1 unspecified atom stereocenters. The number of carbonyl (C=O) groups is 2. The van der Waals surface area contributed by atoms with Crippen LogP contribution in [0.4, 0.5) is 0 Å². The van der Waals surface area contributed by atoms with E-state index in [2.05, 4.69) is 0 Å². The van der Waals surface area contributed by atoms with Gasteiger partial charge in [0.1, 0.15) is 0 Å². The molecule has 5 nitrogen and oxygen atoms in total. The fourth-order valence-electron chi connectivity index (χ4n) is 1.46. The maximum absolute atomic E-state index is 11.2. The van der Waals surface area contributed by atoms with Crippen LogP contribution in [0.1, 0.15) is 19.8 Å². The zero-order valence-electron chi connectivity index (χ0n) is 8.97. The highest BCUT2D eigenvalue weighted by atomic mass is 16.5. The van der Waals surface area contributed by atoms with Crippen molar-refractivity contribution >= 4 is 11.9 Å². The van der Waals surface area contributed by atoms with Gasteiger partial charge >= 0.3 is 11.9 Å². The average Bonchev–Trinajstić information content (AvgIpc) is 2.26. The van der Waals surface area contributed by atoms with E-state index in [9.17, 15) is 9.59 Å². The molecule has 0 saturated heterocycles. The third-order valence-corrected chi connectivity index (χ3v) is 2.32. The molecule has 0 aromatic heterocycles. The summed E-state index contributed by atoms with van der Waals surface area (Å²) >= 11 is 0. The first-order chi connectivity index (χ1) is 7.52. The third kappa shape index (κ3) is 2.49. The van der Waals surface area contributed by atoms with E-state index in [0.29, 0.717) is 6.42 Å². The van der Waals surface area contributed by atoms with Gasteiger partial charge < -0.3 is 14.9 Å². The lowest BCUT2D eigenvalue weighted by atomic mass is 9.89. The van der Waals surface area contributed by atoms with Crippen LogP contribution < -0.4 is 0 Å². The van der Waals surface area contributed by atoms with Gasteiger partial charge in [-0.3, -0.25) is 0 Å². The molecule has 0 aromatic rings. The second-order valence-corrected chi connectivity index (χ2v) is 3.58. The van der Waals surface area contributed by atoms with Gasteiger partial charge in [-0.1, -0.05) is 19.1 Å². The van der Waals surface area contributed by atoms with E-state index in [4.69, 9.17) is 14.9 Å². The molecule has 0 aromatic carbocycles. The number of hydrogen-bond donors (Lipinski definition) is 2. The molecular weight excluding hydrogens is 212 g/mol. The largest absolute Gasteiger partial charge is 0.479 e. The number of aliphatic carboxylic acids is 2. The van der Waals surface area contributed by atoms with Crippen LogP contribution in [-0.2, 0) is 14.3 Å². The van der Waals surface area contributed by atoms with Crippen molar-refractivity contribution in [3.05, 3.63) is 23.8 Å². The van der Waals surface area contributed by atoms with Gasteiger partial charge in [-0.05, 0) is 12.5 Å². The Balaban J connectivity index is 2.90. The molecule has 0 radical (unpaired) electrons. The summed E-state index contributed by atoms with van der Waals surface area (Å²) in [7, 11) is 0. The molecule has 0 amide bonds. The number of carboxylic acid groups (broad SMARTS) is 2. The summed E-state index contributed by atoms with van der Waals surface area (Å²) in [6.07, 6.45) is 4.72. The lowest BCUT2D eigenvalue weighted by Crippen LogP contribution is -2.42. The van der Waals surface area contributed by atoms with Crippen molar-refractivity contribution in [2.45, 2.75) is 25.4 Å². The SMILES string of the molecule is CCCOC1(C(=O)O)C=CC=C(C(=O)O)C1. The molecule has 5 heteroatoms. The first kappa shape index (κ1) is 12.4. The number of ether oxygens (including phenoxy) is 1. The zero-order chi connectivity index (χ0) is 12.2. The fourth-order valence-corrected chi connectivity index (χ4v) is 1.46. The standard InChI is InChI=1S/C11H14O5/c1-2-6-16-11(10(14)15)5-3-4-8(7-11)9(12)13/h3-5H,2,6-7H2,1H3,(H,12,13)(H,14,15). The molecule has 88 valence electrons. The molecule has 2 N–H and O–H groups in total. The molecule has 0 saturated carbocycles. The minimum Gasteiger partial charge on any atom is -0.479 e. The Morgan fingerprint density at radius 2 is 2.19 bits per heavy atom. The summed E-state index contributed by atoms with van der Waals surface area (Å²) < 4.78 is 5.27. The molecule has 16 heavy (non-hydrogen) atoms. The summed E-state index contributed by atoms with van der Waals surface area (Å²) in [5, 5.41) is 17.9. The lowest BCUT2D eigenvalue weighted by Gasteiger charge is -2.28. The Labute approximate surface area is 93.0 Å². The summed E-state index contributed by atoms with van der Waals surface area (Å²) in [4.78, 5) is 21.9. The molecular formula is C11H14O5. The van der Waals surface area contributed by atoms with Crippen molar-refractivity contribution < 1.29 is 24.5 Å². The van der Waals surface area contributed by atoms with E-state index >= 15 is 0 Å². The number of rotatable bonds is 5. The molecule has 0 fully saturated rings. The Bertz CT molecular complexity index is 355. The Kier molecular flexibility index (Phi) is 3.84. The average molecular weight is 226 g/mol. The smallest absolute Gasteiger partial charge is 0.340 e. The van der Waals surface area contributed by atoms with Crippen molar-refractivity contribution in [1.82, 2.24) is 0 Å². The first-order valence-corrected chi connectivity index (χ1v) is 5.01. The van der Waals surface area contributed by atoms with Gasteiger partial charge in [0, 0.05) is 18.6 Å². The number of hydrogen-bond acceptors (Lipinski definition) is 3. The van der Waals surface area contributed by atoms with Crippen molar-refractivity contribution in [3.63, 3.8) is 0 Å². The molecule has 0 spiro atoms. The van der Waals surface area contributed by atoms with Crippen LogP contribution in [0.15, 0.2) is 23.8 Å². The molecule has 1 aliphatic rings. The van der Waals surface area contributed by atoms with Gasteiger partial charge in [-0.2, -0.15) is 0 Å². The van der Waals surface area contributed by atoms with E-state index in [1.807, 2.05) is 6.92 Å². The Morgan fingerprint density at radius 3 is 2.69 bits per heavy atom. The maximum atomic E-state index is 11.2. The molecule has 1 rings (SSSR count). The second kappa shape index (κ2) is 4.94. The van der Waals surface area contributed by atoms with Crippen molar-refractivity contribution in [2.24, 2.45) is 0 Å². The van der Waals surface area contributed by atoms with Gasteiger partial charge in [0.15, 0.2) is 5.60 Å². The van der Waals surface area contributed by atoms with Crippen LogP contribution >= 0.6 is 0 Å². The van der Waals surface area contributed by atoms with E-state index in [0.717, 1.165) is 0 Å². The Hall–Kier alpha value is -1.62. The summed E-state index contributed by atoms with van der Waals surface area (Å²) in [6.45, 7) is 2.14. The molecule has 1 aliphatic carbocycles. The van der Waals surface area contributed by atoms with Crippen molar-refractivity contribution in [1.29, 1.82) is 0 Å². The highest BCUT2D eigenvalue weighted by Crippen LogP contribution is 2.27. The summed E-state index contributed by atoms with van der Waals surface area (Å²) in [5.74, 6) is -2.28. The first-order valence-electron chi connectivity index (χ1n) is 5.01. The van der Waals surface area contributed by atoms with E-state index in [1.165, 1.54) is 18.2 Å². The van der Waals surface area contributed by atoms with Gasteiger partial charge in [-0.15, -0.1) is 0 Å². The monoisotopic (exact) mass is 226 g/mol. The van der Waals surface area contributed by atoms with Gasteiger partial charge in [0.2, 0.25) is 0 Å². The van der Waals surface area contributed by atoms with Crippen molar-refractivity contribution in [3.8, 4) is 0 Å². The predicted octanol–water partition coefficient (Wildman–Crippen LogP) is 1.21. The topological polar surface area (TPSA) is 83.8 Å². The van der Waals surface area contributed by atoms with Crippen LogP contribution in [0.25, 0.3) is 0 Å². The maximum Gasteiger partial charge on any atom is 0.340 e. The molecule has 1 atom stereocenters. The van der Waals surface area contributed by atoms with Crippen LogP contribution in [0.5, 0.6) is 0 Å². The predicted molar refractivity (Wildman–Crippen MR) is 56.1 cm³/mol. The van der Waals surface area contributed by atoms with Crippen LogP contribution in [0.3, 0.4) is 0 Å². The normalized spacial score (nSPS) is 23.9. The molecule has 0 heterocycles. The molecule has 0 aliphatic heterocycles. The van der Waals surface area contributed by atoms with Gasteiger partial charge in [0.05, 0.1) is 0 Å². The van der Waals surface area contributed by atoms with E-state index in [-0.39, 0.29) is 18.6 Å². The van der Waals surface area contributed by atoms with Crippen LogP contribution in [0, 0.1) is 0 Å². The second-order valence-electron chi connectivity index (χ2n) is 3.58. The molecule has 0 bridgehead atoms. The van der Waals surface area contributed by atoms with Crippen LogP contribution in [0.2, 0.25) is 0 Å². The quantitative estimate of drug-likeness (QED) is 0.736.